The summed E-state index contributed by atoms with van der Waals surface area (Å²) >= 11 is 5.95. The molecule has 0 saturated carbocycles. The number of hydrogen-bond donors (Lipinski definition) is 1. The van der Waals surface area contributed by atoms with Gasteiger partial charge in [0.1, 0.15) is 12.4 Å². The van der Waals surface area contributed by atoms with Gasteiger partial charge in [-0.25, -0.2) is 4.98 Å². The zero-order valence-corrected chi connectivity index (χ0v) is 11.5. The van der Waals surface area contributed by atoms with Crippen LogP contribution in [0, 0.1) is 24.1 Å². The molecule has 0 aliphatic carbocycles. The lowest BCUT2D eigenvalue weighted by molar-refractivity contribution is 0.368. The van der Waals surface area contributed by atoms with Crippen molar-refractivity contribution in [1.29, 1.82) is 5.26 Å². The Kier molecular flexibility index (Phi) is 4.01. The Morgan fingerprint density at radius 2 is 2.15 bits per heavy atom. The van der Waals surface area contributed by atoms with Crippen molar-refractivity contribution >= 4 is 23.1 Å². The van der Waals surface area contributed by atoms with Crippen LogP contribution in [0.15, 0.2) is 18.5 Å². The molecule has 2 rings (SSSR count). The quantitative estimate of drug-likeness (QED) is 0.940. The van der Waals surface area contributed by atoms with Gasteiger partial charge in [0, 0.05) is 5.02 Å². The SMILES string of the molecule is COc1ncnc(Nc2ccc(Cl)c(C)c2C#N)c1F. The third-order valence-electron chi connectivity index (χ3n) is 2.71. The minimum Gasteiger partial charge on any atom is -0.479 e. The highest BCUT2D eigenvalue weighted by Crippen LogP contribution is 2.29. The van der Waals surface area contributed by atoms with Gasteiger partial charge in [-0.2, -0.15) is 14.6 Å². The Morgan fingerprint density at radius 3 is 2.80 bits per heavy atom. The third kappa shape index (κ3) is 2.49. The van der Waals surface area contributed by atoms with Gasteiger partial charge in [0.25, 0.3) is 5.88 Å². The van der Waals surface area contributed by atoms with Crippen LogP contribution in [-0.4, -0.2) is 17.1 Å². The Bertz CT molecular complexity index is 700. The van der Waals surface area contributed by atoms with E-state index in [1.54, 1.807) is 19.1 Å². The van der Waals surface area contributed by atoms with Gasteiger partial charge in [0.15, 0.2) is 5.82 Å². The maximum atomic E-state index is 14.0. The molecule has 1 aromatic heterocycles. The first-order chi connectivity index (χ1) is 9.58. The van der Waals surface area contributed by atoms with Crippen molar-refractivity contribution in [3.63, 3.8) is 0 Å². The second kappa shape index (κ2) is 5.72. The van der Waals surface area contributed by atoms with Gasteiger partial charge in [-0.3, -0.25) is 0 Å². The molecule has 102 valence electrons. The Balaban J connectivity index is 2.46. The van der Waals surface area contributed by atoms with Gasteiger partial charge in [0.2, 0.25) is 5.82 Å². The van der Waals surface area contributed by atoms with Crippen molar-refractivity contribution in [1.82, 2.24) is 9.97 Å². The Hall–Kier alpha value is -2.39. The van der Waals surface area contributed by atoms with Gasteiger partial charge in [0.05, 0.1) is 18.4 Å². The highest BCUT2D eigenvalue weighted by Gasteiger charge is 2.15. The number of hydrogen-bond acceptors (Lipinski definition) is 5. The summed E-state index contributed by atoms with van der Waals surface area (Å²) in [5.74, 6) is -0.978. The Labute approximate surface area is 120 Å². The van der Waals surface area contributed by atoms with E-state index in [4.69, 9.17) is 16.3 Å². The molecule has 0 spiro atoms. The number of ether oxygens (including phenoxy) is 1. The number of rotatable bonds is 3. The summed E-state index contributed by atoms with van der Waals surface area (Å²) < 4.78 is 18.7. The summed E-state index contributed by atoms with van der Waals surface area (Å²) in [6, 6.07) is 5.24. The molecule has 0 saturated heterocycles. The van der Waals surface area contributed by atoms with E-state index >= 15 is 0 Å². The number of nitrogens with zero attached hydrogens (tertiary/aromatic N) is 3. The molecular formula is C13H10ClFN4O. The number of nitrogens with one attached hydrogen (secondary N) is 1. The van der Waals surface area contributed by atoms with Crippen LogP contribution < -0.4 is 10.1 Å². The molecule has 5 nitrogen and oxygen atoms in total. The van der Waals surface area contributed by atoms with Crippen LogP contribution in [0.3, 0.4) is 0 Å². The standard InChI is InChI=1S/C13H10ClFN4O/c1-7-8(5-16)10(4-3-9(7)14)19-12-11(15)13(20-2)18-6-17-12/h3-4,6H,1-2H3,(H,17,18,19). The molecule has 0 radical (unpaired) electrons. The van der Waals surface area contributed by atoms with Gasteiger partial charge in [-0.05, 0) is 24.6 Å². The van der Waals surface area contributed by atoms with Gasteiger partial charge < -0.3 is 10.1 Å². The second-order valence-corrected chi connectivity index (χ2v) is 4.28. The highest BCUT2D eigenvalue weighted by molar-refractivity contribution is 6.31. The molecule has 0 aliphatic rings. The molecule has 0 bridgehead atoms. The lowest BCUT2D eigenvalue weighted by atomic mass is 10.1. The molecule has 2 aromatic rings. The molecule has 0 aliphatic heterocycles. The topological polar surface area (TPSA) is 70.8 Å². The molecular weight excluding hydrogens is 283 g/mol. The Morgan fingerprint density at radius 1 is 1.40 bits per heavy atom. The van der Waals surface area contributed by atoms with E-state index in [1.807, 2.05) is 6.07 Å². The molecule has 0 atom stereocenters. The first kappa shape index (κ1) is 14.0. The first-order valence-electron chi connectivity index (χ1n) is 5.59. The molecule has 0 unspecified atom stereocenters. The fourth-order valence-electron chi connectivity index (χ4n) is 1.65. The maximum Gasteiger partial charge on any atom is 0.255 e. The minimum absolute atomic E-state index is 0.0740. The van der Waals surface area contributed by atoms with Crippen molar-refractivity contribution < 1.29 is 9.13 Å². The van der Waals surface area contributed by atoms with Gasteiger partial charge in [-0.1, -0.05) is 11.6 Å². The average Bonchev–Trinajstić information content (AvgIpc) is 2.45. The zero-order chi connectivity index (χ0) is 14.7. The van der Waals surface area contributed by atoms with E-state index in [1.165, 1.54) is 13.4 Å². The lowest BCUT2D eigenvalue weighted by Gasteiger charge is -2.11. The van der Waals surface area contributed by atoms with Crippen LogP contribution in [0.4, 0.5) is 15.9 Å². The van der Waals surface area contributed by atoms with Gasteiger partial charge >= 0.3 is 0 Å². The number of anilines is 2. The molecule has 7 heteroatoms. The van der Waals surface area contributed by atoms with E-state index in [-0.39, 0.29) is 11.7 Å². The predicted molar refractivity (Wildman–Crippen MR) is 72.7 cm³/mol. The number of nitriles is 1. The zero-order valence-electron chi connectivity index (χ0n) is 10.7. The summed E-state index contributed by atoms with van der Waals surface area (Å²) in [7, 11) is 1.31. The van der Waals surface area contributed by atoms with Crippen LogP contribution in [0.25, 0.3) is 0 Å². The van der Waals surface area contributed by atoms with E-state index < -0.39 is 5.82 Å². The molecule has 1 heterocycles. The van der Waals surface area contributed by atoms with Crippen LogP contribution in [0.2, 0.25) is 5.02 Å². The van der Waals surface area contributed by atoms with Crippen LogP contribution >= 0.6 is 11.6 Å². The number of halogens is 2. The number of aromatic nitrogens is 2. The molecule has 0 fully saturated rings. The van der Waals surface area contributed by atoms with Crippen molar-refractivity contribution in [2.45, 2.75) is 6.92 Å². The maximum absolute atomic E-state index is 14.0. The molecule has 1 N–H and O–H groups in total. The predicted octanol–water partition coefficient (Wildman–Crippen LogP) is 3.20. The number of benzene rings is 1. The molecule has 20 heavy (non-hydrogen) atoms. The van der Waals surface area contributed by atoms with E-state index in [2.05, 4.69) is 15.3 Å². The summed E-state index contributed by atoms with van der Waals surface area (Å²) in [6.07, 6.45) is 1.17. The minimum atomic E-state index is -0.730. The van der Waals surface area contributed by atoms with Crippen molar-refractivity contribution in [3.05, 3.63) is 40.4 Å². The van der Waals surface area contributed by atoms with Crippen LogP contribution in [0.5, 0.6) is 5.88 Å². The fourth-order valence-corrected chi connectivity index (χ4v) is 1.80. The van der Waals surface area contributed by atoms with Crippen molar-refractivity contribution in [3.8, 4) is 11.9 Å². The highest BCUT2D eigenvalue weighted by atomic mass is 35.5. The molecule has 0 amide bonds. The summed E-state index contributed by atoms with van der Waals surface area (Å²) in [4.78, 5) is 7.43. The van der Waals surface area contributed by atoms with Crippen molar-refractivity contribution in [2.75, 3.05) is 12.4 Å². The third-order valence-corrected chi connectivity index (χ3v) is 3.12. The average molecular weight is 293 g/mol. The first-order valence-corrected chi connectivity index (χ1v) is 5.97. The fraction of sp³-hybridized carbons (Fsp3) is 0.154. The van der Waals surface area contributed by atoms with E-state index in [0.717, 1.165) is 0 Å². The summed E-state index contributed by atoms with van der Waals surface area (Å²) in [5.41, 5.74) is 1.35. The smallest absolute Gasteiger partial charge is 0.255 e. The summed E-state index contributed by atoms with van der Waals surface area (Å²) in [5, 5.41) is 12.4. The van der Waals surface area contributed by atoms with E-state index in [0.29, 0.717) is 21.8 Å². The van der Waals surface area contributed by atoms with Crippen LogP contribution in [-0.2, 0) is 0 Å². The lowest BCUT2D eigenvalue weighted by Crippen LogP contribution is -2.03. The van der Waals surface area contributed by atoms with E-state index in [9.17, 15) is 9.65 Å². The van der Waals surface area contributed by atoms with Crippen LogP contribution in [0.1, 0.15) is 11.1 Å². The normalized spacial score (nSPS) is 9.95. The summed E-state index contributed by atoms with van der Waals surface area (Å²) in [6.45, 7) is 1.71. The molecule has 1 aromatic carbocycles. The number of methoxy groups -OCH3 is 1. The second-order valence-electron chi connectivity index (χ2n) is 3.88. The van der Waals surface area contributed by atoms with Gasteiger partial charge in [-0.15, -0.1) is 0 Å². The monoisotopic (exact) mass is 292 g/mol. The van der Waals surface area contributed by atoms with Crippen molar-refractivity contribution in [2.24, 2.45) is 0 Å². The largest absolute Gasteiger partial charge is 0.479 e.